The van der Waals surface area contributed by atoms with Gasteiger partial charge in [0.2, 0.25) is 0 Å². The van der Waals surface area contributed by atoms with Crippen molar-refractivity contribution in [1.29, 1.82) is 0 Å². The molecule has 0 spiro atoms. The van der Waals surface area contributed by atoms with Gasteiger partial charge in [-0.1, -0.05) is 18.5 Å². The van der Waals surface area contributed by atoms with Crippen LogP contribution in [0.15, 0.2) is 28.3 Å². The van der Waals surface area contributed by atoms with Gasteiger partial charge in [-0.3, -0.25) is 0 Å². The molecule has 5 rings (SSSR count). The van der Waals surface area contributed by atoms with Gasteiger partial charge in [0.25, 0.3) is 11.5 Å². The quantitative estimate of drug-likeness (QED) is 0.237. The number of halogens is 1. The van der Waals surface area contributed by atoms with E-state index in [1.807, 2.05) is 13.0 Å². The van der Waals surface area contributed by atoms with E-state index in [1.165, 1.54) is 11.8 Å². The average molecular weight is 458 g/mol. The third kappa shape index (κ3) is 3.58. The predicted molar refractivity (Wildman–Crippen MR) is 120 cm³/mol. The van der Waals surface area contributed by atoms with Crippen molar-refractivity contribution >= 4 is 57.2 Å². The molecule has 0 unspecified atom stereocenters. The fraction of sp³-hybridized carbons (Fsp3) is 0.316. The summed E-state index contributed by atoms with van der Waals surface area (Å²) >= 11 is 7.99. The van der Waals surface area contributed by atoms with Gasteiger partial charge < -0.3 is 26.6 Å². The van der Waals surface area contributed by atoms with Crippen molar-refractivity contribution in [2.45, 2.75) is 35.9 Å². The molecule has 0 bridgehead atoms. The first kappa shape index (κ1) is 20.0. The van der Waals surface area contributed by atoms with Crippen molar-refractivity contribution in [3.63, 3.8) is 0 Å². The van der Waals surface area contributed by atoms with Crippen LogP contribution in [0.5, 0.6) is 0 Å². The third-order valence-electron chi connectivity index (χ3n) is 5.29. The second kappa shape index (κ2) is 7.66. The number of nitrogen functional groups attached to an aromatic ring is 1. The zero-order valence-electron chi connectivity index (χ0n) is 16.7. The van der Waals surface area contributed by atoms with Crippen LogP contribution in [0.3, 0.4) is 0 Å². The molecule has 12 heteroatoms. The van der Waals surface area contributed by atoms with Crippen molar-refractivity contribution < 1.29 is 4.85 Å². The zero-order valence-corrected chi connectivity index (χ0v) is 18.2. The number of aryl methyl sites for hydroxylation is 1. The van der Waals surface area contributed by atoms with Crippen molar-refractivity contribution in [1.82, 2.24) is 25.0 Å². The first-order valence-corrected chi connectivity index (χ1v) is 11.1. The van der Waals surface area contributed by atoms with Crippen LogP contribution in [0.1, 0.15) is 19.0 Å². The molecule has 0 saturated carbocycles. The van der Waals surface area contributed by atoms with Gasteiger partial charge in [0.15, 0.2) is 5.16 Å². The minimum absolute atomic E-state index is 0.0690. The van der Waals surface area contributed by atoms with Gasteiger partial charge in [0.05, 0.1) is 15.5 Å². The van der Waals surface area contributed by atoms with E-state index < -0.39 is 0 Å². The molecule has 0 amide bonds. The van der Waals surface area contributed by atoms with Gasteiger partial charge in [-0.05, 0) is 41.6 Å². The molecular weight excluding hydrogens is 438 g/mol. The number of nitrogens with two attached hydrogens (primary N) is 2. The fourth-order valence-corrected chi connectivity index (χ4v) is 4.92. The number of H-pyrrole nitrogens is 1. The van der Waals surface area contributed by atoms with E-state index in [0.29, 0.717) is 38.2 Å². The van der Waals surface area contributed by atoms with E-state index in [1.54, 1.807) is 12.1 Å². The summed E-state index contributed by atoms with van der Waals surface area (Å²) in [6.45, 7) is 3.56. The van der Waals surface area contributed by atoms with Gasteiger partial charge in [-0.2, -0.15) is 0 Å². The van der Waals surface area contributed by atoms with Crippen LogP contribution in [0.25, 0.3) is 22.1 Å². The number of anilines is 2. The van der Waals surface area contributed by atoms with Gasteiger partial charge in [0, 0.05) is 35.8 Å². The van der Waals surface area contributed by atoms with E-state index in [-0.39, 0.29) is 12.0 Å². The minimum Gasteiger partial charge on any atom is -0.594 e. The maximum absolute atomic E-state index is 12.1. The Morgan fingerprint density at radius 2 is 2.19 bits per heavy atom. The highest BCUT2D eigenvalue weighted by Crippen LogP contribution is 2.37. The Labute approximate surface area is 186 Å². The number of fused-ring (bicyclic) bond motifs is 2. The van der Waals surface area contributed by atoms with E-state index in [4.69, 9.17) is 28.1 Å². The molecule has 5 N–H and O–H groups in total. The molecular formula is C19H20ClN9OS. The number of aromatic nitrogens is 6. The van der Waals surface area contributed by atoms with Crippen LogP contribution in [0.4, 0.5) is 11.8 Å². The summed E-state index contributed by atoms with van der Waals surface area (Å²) in [6.07, 6.45) is 1.65. The number of benzene rings is 1. The van der Waals surface area contributed by atoms with Crippen LogP contribution in [0.2, 0.25) is 5.02 Å². The van der Waals surface area contributed by atoms with Crippen molar-refractivity contribution in [2.75, 3.05) is 23.7 Å². The number of hydrogen-bond donors (Lipinski definition) is 3. The van der Waals surface area contributed by atoms with Gasteiger partial charge in [0.1, 0.15) is 17.0 Å². The van der Waals surface area contributed by atoms with Crippen LogP contribution in [-0.2, 0) is 6.42 Å². The molecule has 1 fully saturated rings. The smallest absolute Gasteiger partial charge is 0.288 e. The molecule has 10 nitrogen and oxygen atoms in total. The molecule has 1 atom stereocenters. The molecule has 0 radical (unpaired) electrons. The topological polar surface area (TPSA) is 150 Å². The van der Waals surface area contributed by atoms with Gasteiger partial charge >= 0.3 is 0 Å². The van der Waals surface area contributed by atoms with E-state index in [9.17, 15) is 5.21 Å². The lowest BCUT2D eigenvalue weighted by Gasteiger charge is -2.18. The predicted octanol–water partition coefficient (Wildman–Crippen LogP) is 2.02. The summed E-state index contributed by atoms with van der Waals surface area (Å²) in [5, 5.41) is 17.8. The van der Waals surface area contributed by atoms with E-state index in [0.717, 1.165) is 41.2 Å². The Morgan fingerprint density at radius 1 is 1.35 bits per heavy atom. The first-order valence-electron chi connectivity index (χ1n) is 9.86. The van der Waals surface area contributed by atoms with E-state index >= 15 is 0 Å². The SMILES string of the molecule is CCc1[nH]c2nc(Sc3ccc4nc(N)n[n+]([O-])c4c3)nc(N3CC[C@@H](N)C3)c2c1Cl. The Kier molecular flexibility index (Phi) is 4.95. The Hall–Kier alpha value is -2.89. The number of nitrogens with one attached hydrogen (secondary N) is 1. The number of hydrogen-bond acceptors (Lipinski definition) is 9. The number of nitrogens with zero attached hydrogens (tertiary/aromatic N) is 6. The third-order valence-corrected chi connectivity index (χ3v) is 6.56. The van der Waals surface area contributed by atoms with Crippen molar-refractivity contribution in [3.05, 3.63) is 34.1 Å². The fourth-order valence-electron chi connectivity index (χ4n) is 3.78. The van der Waals surface area contributed by atoms with Crippen LogP contribution >= 0.6 is 23.4 Å². The lowest BCUT2D eigenvalue weighted by atomic mass is 10.3. The Morgan fingerprint density at radius 3 is 2.94 bits per heavy atom. The standard InChI is InChI=1S/C19H20ClN9OS/c1-2-11-15(20)14-16(23-11)25-19(26-17(14)28-6-5-9(21)8-28)31-10-3-4-12-13(7-10)29(30)27-18(22)24-12/h3-4,7,9H,2,5-6,8,21H2,1H3,(H2,22,24,27)(H,23,25,26)/t9-/m1/s1. The molecule has 1 saturated heterocycles. The van der Waals surface area contributed by atoms with Crippen molar-refractivity contribution in [3.8, 4) is 0 Å². The molecule has 1 aliphatic heterocycles. The van der Waals surface area contributed by atoms with Gasteiger partial charge in [-0.15, -0.1) is 0 Å². The number of aromatic amines is 1. The summed E-state index contributed by atoms with van der Waals surface area (Å²) in [5.74, 6) is 0.706. The zero-order chi connectivity index (χ0) is 21.7. The van der Waals surface area contributed by atoms with Crippen molar-refractivity contribution in [2.24, 2.45) is 5.73 Å². The molecule has 1 aliphatic rings. The first-order chi connectivity index (χ1) is 14.9. The monoisotopic (exact) mass is 457 g/mol. The van der Waals surface area contributed by atoms with Gasteiger partial charge in [-0.25, -0.2) is 15.0 Å². The molecule has 4 heterocycles. The second-order valence-corrected chi connectivity index (χ2v) is 8.83. The molecule has 160 valence electrons. The molecule has 0 aliphatic carbocycles. The summed E-state index contributed by atoms with van der Waals surface area (Å²) in [5.41, 5.74) is 14.1. The second-order valence-electron chi connectivity index (χ2n) is 7.41. The van der Waals surface area contributed by atoms with E-state index in [2.05, 4.69) is 25.0 Å². The maximum atomic E-state index is 12.1. The average Bonchev–Trinajstić information content (AvgIpc) is 3.31. The highest BCUT2D eigenvalue weighted by Gasteiger charge is 2.26. The Balaban J connectivity index is 1.59. The van der Waals surface area contributed by atoms with Crippen LogP contribution in [0, 0.1) is 5.21 Å². The highest BCUT2D eigenvalue weighted by molar-refractivity contribution is 7.99. The summed E-state index contributed by atoms with van der Waals surface area (Å²) in [7, 11) is 0. The summed E-state index contributed by atoms with van der Waals surface area (Å²) < 4.78 is 0. The Bertz CT molecular complexity index is 1310. The molecule has 31 heavy (non-hydrogen) atoms. The normalized spacial score (nSPS) is 16.6. The molecule has 3 aromatic heterocycles. The lowest BCUT2D eigenvalue weighted by molar-refractivity contribution is -0.641. The van der Waals surface area contributed by atoms with Crippen LogP contribution in [-0.4, -0.2) is 44.2 Å². The molecule has 1 aromatic carbocycles. The summed E-state index contributed by atoms with van der Waals surface area (Å²) in [4.78, 5) is 20.3. The lowest BCUT2D eigenvalue weighted by Crippen LogP contribution is -2.33. The molecule has 4 aromatic rings. The minimum atomic E-state index is -0.0690. The number of rotatable bonds is 4. The maximum Gasteiger partial charge on any atom is 0.288 e. The van der Waals surface area contributed by atoms with Crippen LogP contribution < -0.4 is 21.2 Å². The largest absolute Gasteiger partial charge is 0.594 e. The summed E-state index contributed by atoms with van der Waals surface area (Å²) in [6, 6.07) is 5.37. The highest BCUT2D eigenvalue weighted by atomic mass is 35.5.